The number of hydrogen-bond donors (Lipinski definition) is 1. The molecular formula is C14H9Cl2NO2. The zero-order valence-corrected chi connectivity index (χ0v) is 11.2. The van der Waals surface area contributed by atoms with Crippen molar-refractivity contribution >= 4 is 41.1 Å². The molecule has 0 amide bonds. The van der Waals surface area contributed by atoms with Crippen molar-refractivity contribution in [1.29, 1.82) is 0 Å². The number of benzene rings is 2. The highest BCUT2D eigenvalue weighted by Crippen LogP contribution is 2.21. The monoisotopic (exact) mass is 293 g/mol. The molecule has 0 radical (unpaired) electrons. The van der Waals surface area contributed by atoms with Gasteiger partial charge >= 0.3 is 5.97 Å². The van der Waals surface area contributed by atoms with Gasteiger partial charge in [-0.15, -0.1) is 0 Å². The van der Waals surface area contributed by atoms with Gasteiger partial charge in [-0.25, -0.2) is 4.79 Å². The number of aliphatic imine (C=N–C) groups is 1. The second-order valence-electron chi connectivity index (χ2n) is 3.78. The van der Waals surface area contributed by atoms with Gasteiger partial charge in [0.2, 0.25) is 0 Å². The van der Waals surface area contributed by atoms with Gasteiger partial charge in [-0.05, 0) is 30.3 Å². The van der Waals surface area contributed by atoms with Gasteiger partial charge in [0.1, 0.15) is 0 Å². The highest BCUT2D eigenvalue weighted by Gasteiger charge is 2.02. The van der Waals surface area contributed by atoms with E-state index in [1.807, 2.05) is 0 Å². The Bertz CT molecular complexity index is 654. The van der Waals surface area contributed by atoms with Gasteiger partial charge < -0.3 is 5.11 Å². The fourth-order valence-electron chi connectivity index (χ4n) is 1.47. The fourth-order valence-corrected chi connectivity index (χ4v) is 1.93. The molecule has 0 aromatic heterocycles. The highest BCUT2D eigenvalue weighted by atomic mass is 35.5. The second-order valence-corrected chi connectivity index (χ2v) is 4.62. The van der Waals surface area contributed by atoms with Crippen molar-refractivity contribution in [3.05, 3.63) is 63.6 Å². The fraction of sp³-hybridized carbons (Fsp3) is 0. The van der Waals surface area contributed by atoms with E-state index in [1.165, 1.54) is 12.1 Å². The zero-order chi connectivity index (χ0) is 13.8. The lowest BCUT2D eigenvalue weighted by atomic mass is 10.2. The van der Waals surface area contributed by atoms with Gasteiger partial charge in [-0.2, -0.15) is 0 Å². The molecule has 5 heteroatoms. The number of carboxylic acid groups (broad SMARTS) is 1. The van der Waals surface area contributed by atoms with E-state index in [-0.39, 0.29) is 5.56 Å². The van der Waals surface area contributed by atoms with Crippen molar-refractivity contribution in [2.75, 3.05) is 0 Å². The van der Waals surface area contributed by atoms with Crippen molar-refractivity contribution in [3.8, 4) is 0 Å². The maximum absolute atomic E-state index is 10.8. The number of rotatable bonds is 3. The SMILES string of the molecule is O=C(O)c1cccc(N=Cc2ccc(Cl)cc2Cl)c1. The first-order valence-corrected chi connectivity index (χ1v) is 6.14. The maximum atomic E-state index is 10.8. The number of carbonyl (C=O) groups is 1. The predicted molar refractivity (Wildman–Crippen MR) is 77.1 cm³/mol. The number of nitrogens with zero attached hydrogens (tertiary/aromatic N) is 1. The first-order valence-electron chi connectivity index (χ1n) is 5.39. The Morgan fingerprint density at radius 1 is 1.16 bits per heavy atom. The Hall–Kier alpha value is -1.84. The Kier molecular flexibility index (Phi) is 4.20. The molecule has 0 spiro atoms. The van der Waals surface area contributed by atoms with Crippen molar-refractivity contribution < 1.29 is 9.90 Å². The zero-order valence-electron chi connectivity index (χ0n) is 9.68. The average Bonchev–Trinajstić information content (AvgIpc) is 2.38. The van der Waals surface area contributed by atoms with E-state index in [9.17, 15) is 4.79 Å². The van der Waals surface area contributed by atoms with E-state index >= 15 is 0 Å². The normalized spacial score (nSPS) is 10.8. The Morgan fingerprint density at radius 2 is 1.95 bits per heavy atom. The maximum Gasteiger partial charge on any atom is 0.335 e. The summed E-state index contributed by atoms with van der Waals surface area (Å²) < 4.78 is 0. The second kappa shape index (κ2) is 5.87. The highest BCUT2D eigenvalue weighted by molar-refractivity contribution is 6.36. The number of hydrogen-bond acceptors (Lipinski definition) is 2. The van der Waals surface area contributed by atoms with E-state index in [0.29, 0.717) is 21.3 Å². The lowest BCUT2D eigenvalue weighted by Gasteiger charge is -1.99. The van der Waals surface area contributed by atoms with Crippen molar-refractivity contribution in [3.63, 3.8) is 0 Å². The summed E-state index contributed by atoms with van der Waals surface area (Å²) in [6, 6.07) is 11.4. The average molecular weight is 294 g/mol. The van der Waals surface area contributed by atoms with Crippen molar-refractivity contribution in [2.24, 2.45) is 4.99 Å². The van der Waals surface area contributed by atoms with Crippen LogP contribution in [0.2, 0.25) is 10.0 Å². The quantitative estimate of drug-likeness (QED) is 0.851. The third kappa shape index (κ3) is 3.56. The van der Waals surface area contributed by atoms with E-state index in [2.05, 4.69) is 4.99 Å². The Balaban J connectivity index is 2.27. The molecule has 0 fully saturated rings. The van der Waals surface area contributed by atoms with E-state index in [1.54, 1.807) is 36.5 Å². The van der Waals surface area contributed by atoms with Gasteiger partial charge in [-0.3, -0.25) is 4.99 Å². The van der Waals surface area contributed by atoms with Gasteiger partial charge in [-0.1, -0.05) is 35.3 Å². The third-order valence-electron chi connectivity index (χ3n) is 2.41. The topological polar surface area (TPSA) is 49.7 Å². The third-order valence-corrected chi connectivity index (χ3v) is 2.97. The van der Waals surface area contributed by atoms with Crippen molar-refractivity contribution in [2.45, 2.75) is 0 Å². The van der Waals surface area contributed by atoms with Crippen LogP contribution in [0, 0.1) is 0 Å². The first kappa shape index (κ1) is 13.6. The molecule has 96 valence electrons. The van der Waals surface area contributed by atoms with Gasteiger partial charge in [0, 0.05) is 16.8 Å². The van der Waals surface area contributed by atoms with Gasteiger partial charge in [0.25, 0.3) is 0 Å². The lowest BCUT2D eigenvalue weighted by molar-refractivity contribution is 0.0697. The summed E-state index contributed by atoms with van der Waals surface area (Å²) in [5.74, 6) is -0.985. The smallest absolute Gasteiger partial charge is 0.335 e. The molecule has 1 N–H and O–H groups in total. The van der Waals surface area contributed by atoms with Crippen LogP contribution in [0.5, 0.6) is 0 Å². The Labute approximate surface area is 120 Å². The van der Waals surface area contributed by atoms with E-state index in [4.69, 9.17) is 28.3 Å². The molecular weight excluding hydrogens is 285 g/mol. The van der Waals surface area contributed by atoms with Crippen LogP contribution < -0.4 is 0 Å². The minimum absolute atomic E-state index is 0.192. The summed E-state index contributed by atoms with van der Waals surface area (Å²) in [5.41, 5.74) is 1.45. The molecule has 0 heterocycles. The molecule has 19 heavy (non-hydrogen) atoms. The van der Waals surface area contributed by atoms with Gasteiger partial charge in [0.15, 0.2) is 0 Å². The van der Waals surface area contributed by atoms with Crippen LogP contribution in [0.1, 0.15) is 15.9 Å². The lowest BCUT2D eigenvalue weighted by Crippen LogP contribution is -1.94. The first-order chi connectivity index (χ1) is 9.06. The minimum atomic E-state index is -0.985. The van der Waals surface area contributed by atoms with Crippen LogP contribution in [0.15, 0.2) is 47.5 Å². The standard InChI is InChI=1S/C14H9Cl2NO2/c15-11-5-4-10(13(16)7-11)8-17-12-3-1-2-9(6-12)14(18)19/h1-8H,(H,18,19). The van der Waals surface area contributed by atoms with Crippen LogP contribution in [0.3, 0.4) is 0 Å². The summed E-state index contributed by atoms with van der Waals surface area (Å²) in [6.45, 7) is 0. The molecule has 0 saturated heterocycles. The molecule has 0 bridgehead atoms. The molecule has 0 aliphatic rings. The van der Waals surface area contributed by atoms with Crippen LogP contribution >= 0.6 is 23.2 Å². The molecule has 2 rings (SSSR count). The summed E-state index contributed by atoms with van der Waals surface area (Å²) in [6.07, 6.45) is 1.57. The van der Waals surface area contributed by atoms with E-state index < -0.39 is 5.97 Å². The Morgan fingerprint density at radius 3 is 2.63 bits per heavy atom. The summed E-state index contributed by atoms with van der Waals surface area (Å²) >= 11 is 11.8. The van der Waals surface area contributed by atoms with Crippen LogP contribution in [-0.4, -0.2) is 17.3 Å². The number of aromatic carboxylic acids is 1. The molecule has 2 aromatic carbocycles. The van der Waals surface area contributed by atoms with E-state index in [0.717, 1.165) is 0 Å². The molecule has 0 unspecified atom stereocenters. The molecule has 0 saturated carbocycles. The summed E-state index contributed by atoms with van der Waals surface area (Å²) in [5, 5.41) is 9.92. The molecule has 0 atom stereocenters. The predicted octanol–water partition coefficient (Wildman–Crippen LogP) is 4.44. The summed E-state index contributed by atoms with van der Waals surface area (Å²) in [7, 11) is 0. The molecule has 2 aromatic rings. The summed E-state index contributed by atoms with van der Waals surface area (Å²) in [4.78, 5) is 15.0. The number of halogens is 2. The number of carboxylic acids is 1. The van der Waals surface area contributed by atoms with Crippen LogP contribution in [-0.2, 0) is 0 Å². The van der Waals surface area contributed by atoms with Gasteiger partial charge in [0.05, 0.1) is 16.3 Å². The largest absolute Gasteiger partial charge is 0.478 e. The minimum Gasteiger partial charge on any atom is -0.478 e. The van der Waals surface area contributed by atoms with Crippen LogP contribution in [0.4, 0.5) is 5.69 Å². The molecule has 0 aliphatic carbocycles. The molecule has 3 nitrogen and oxygen atoms in total. The van der Waals surface area contributed by atoms with Crippen molar-refractivity contribution in [1.82, 2.24) is 0 Å². The van der Waals surface area contributed by atoms with Crippen LogP contribution in [0.25, 0.3) is 0 Å². The molecule has 0 aliphatic heterocycles.